The van der Waals surface area contributed by atoms with E-state index in [0.29, 0.717) is 12.2 Å². The van der Waals surface area contributed by atoms with Gasteiger partial charge in [0.25, 0.3) is 0 Å². The minimum atomic E-state index is 0.677. The summed E-state index contributed by atoms with van der Waals surface area (Å²) in [7, 11) is 0. The van der Waals surface area contributed by atoms with Crippen LogP contribution in [0.25, 0.3) is 0 Å². The minimum absolute atomic E-state index is 0.677. The Hall–Kier alpha value is -1.78. The summed E-state index contributed by atoms with van der Waals surface area (Å²) in [4.78, 5) is 4.17. The number of hydrogen-bond donors (Lipinski definition) is 1. The van der Waals surface area contributed by atoms with Crippen LogP contribution in [0.5, 0.6) is 0 Å². The van der Waals surface area contributed by atoms with Crippen molar-refractivity contribution in [2.45, 2.75) is 13.3 Å². The summed E-state index contributed by atoms with van der Waals surface area (Å²) < 4.78 is 0. The van der Waals surface area contributed by atoms with Crippen LogP contribution in [0.2, 0.25) is 0 Å². The molecule has 0 bridgehead atoms. The van der Waals surface area contributed by atoms with Crippen molar-refractivity contribution in [3.8, 4) is 0 Å². The molecule has 0 aliphatic carbocycles. The Labute approximate surface area is 75.2 Å². The van der Waals surface area contributed by atoms with Gasteiger partial charge in [0, 0.05) is 18.3 Å². The summed E-state index contributed by atoms with van der Waals surface area (Å²) in [5.41, 5.74) is 2.14. The molecule has 13 heavy (non-hydrogen) atoms. The van der Waals surface area contributed by atoms with Crippen LogP contribution in [0.1, 0.15) is 17.1 Å². The van der Waals surface area contributed by atoms with Gasteiger partial charge in [0.15, 0.2) is 5.82 Å². The van der Waals surface area contributed by atoms with Crippen LogP contribution in [-0.4, -0.2) is 25.6 Å². The molecule has 0 fully saturated rings. The van der Waals surface area contributed by atoms with Gasteiger partial charge in [0.1, 0.15) is 0 Å². The predicted molar refractivity (Wildman–Crippen MR) is 46.0 cm³/mol. The third-order valence-electron chi connectivity index (χ3n) is 1.85. The van der Waals surface area contributed by atoms with Crippen LogP contribution in [0.15, 0.2) is 18.3 Å². The Balaban J connectivity index is 2.24. The molecular formula is C8H9N5. The van der Waals surface area contributed by atoms with E-state index >= 15 is 0 Å². The molecule has 0 atom stereocenters. The number of aromatic nitrogens is 5. The molecule has 2 rings (SSSR count). The van der Waals surface area contributed by atoms with Crippen molar-refractivity contribution < 1.29 is 0 Å². The molecular weight excluding hydrogens is 166 g/mol. The molecule has 5 nitrogen and oxygen atoms in total. The van der Waals surface area contributed by atoms with Crippen molar-refractivity contribution in [1.29, 1.82) is 0 Å². The second-order valence-corrected chi connectivity index (χ2v) is 2.75. The summed E-state index contributed by atoms with van der Waals surface area (Å²) in [6.45, 7) is 1.97. The number of nitrogens with zero attached hydrogens (tertiary/aromatic N) is 4. The highest BCUT2D eigenvalue weighted by Gasteiger charge is 2.02. The third-order valence-corrected chi connectivity index (χ3v) is 1.85. The molecule has 0 aliphatic heterocycles. The van der Waals surface area contributed by atoms with Gasteiger partial charge in [-0.2, -0.15) is 5.21 Å². The third kappa shape index (κ3) is 1.69. The molecule has 5 heteroatoms. The first-order valence-electron chi connectivity index (χ1n) is 3.99. The molecule has 0 unspecified atom stereocenters. The number of hydrogen-bond acceptors (Lipinski definition) is 4. The summed E-state index contributed by atoms with van der Waals surface area (Å²) in [6.07, 6.45) is 2.45. The van der Waals surface area contributed by atoms with Crippen molar-refractivity contribution in [2.75, 3.05) is 0 Å². The van der Waals surface area contributed by atoms with Gasteiger partial charge in [0.2, 0.25) is 0 Å². The molecule has 0 saturated carbocycles. The van der Waals surface area contributed by atoms with E-state index in [0.717, 1.165) is 11.3 Å². The standard InChI is InChI=1S/C8H9N5/c1-6-7(3-2-4-9-6)5-8-10-12-13-11-8/h2-4H,5H2,1H3,(H,10,11,12,13). The normalized spacial score (nSPS) is 10.2. The number of H-pyrrole nitrogens is 1. The van der Waals surface area contributed by atoms with Crippen molar-refractivity contribution in [3.63, 3.8) is 0 Å². The molecule has 0 radical (unpaired) electrons. The monoisotopic (exact) mass is 175 g/mol. The summed E-state index contributed by atoms with van der Waals surface area (Å²) in [6, 6.07) is 3.92. The van der Waals surface area contributed by atoms with Crippen molar-refractivity contribution >= 4 is 0 Å². The van der Waals surface area contributed by atoms with Crippen LogP contribution >= 0.6 is 0 Å². The van der Waals surface area contributed by atoms with Gasteiger partial charge < -0.3 is 0 Å². The van der Waals surface area contributed by atoms with E-state index in [1.807, 2.05) is 19.1 Å². The number of pyridine rings is 1. The van der Waals surface area contributed by atoms with E-state index in [9.17, 15) is 0 Å². The number of aryl methyl sites for hydroxylation is 1. The van der Waals surface area contributed by atoms with Gasteiger partial charge in [-0.25, -0.2) is 0 Å². The molecule has 0 amide bonds. The Morgan fingerprint density at radius 1 is 1.46 bits per heavy atom. The highest BCUT2D eigenvalue weighted by molar-refractivity contribution is 5.21. The maximum absolute atomic E-state index is 4.17. The van der Waals surface area contributed by atoms with Gasteiger partial charge >= 0.3 is 0 Å². The second-order valence-electron chi connectivity index (χ2n) is 2.75. The average Bonchev–Trinajstić information content (AvgIpc) is 2.61. The van der Waals surface area contributed by atoms with Crippen LogP contribution in [0.4, 0.5) is 0 Å². The van der Waals surface area contributed by atoms with E-state index in [1.165, 1.54) is 0 Å². The van der Waals surface area contributed by atoms with E-state index in [-0.39, 0.29) is 0 Å². The van der Waals surface area contributed by atoms with E-state index in [1.54, 1.807) is 6.20 Å². The summed E-state index contributed by atoms with van der Waals surface area (Å²) >= 11 is 0. The summed E-state index contributed by atoms with van der Waals surface area (Å²) in [5.74, 6) is 0.691. The lowest BCUT2D eigenvalue weighted by Crippen LogP contribution is -1.95. The van der Waals surface area contributed by atoms with Crippen LogP contribution in [-0.2, 0) is 6.42 Å². The van der Waals surface area contributed by atoms with E-state index in [2.05, 4.69) is 25.6 Å². The lowest BCUT2D eigenvalue weighted by molar-refractivity contribution is 0.881. The van der Waals surface area contributed by atoms with Gasteiger partial charge in [-0.1, -0.05) is 11.3 Å². The fourth-order valence-corrected chi connectivity index (χ4v) is 1.13. The summed E-state index contributed by atoms with van der Waals surface area (Å²) in [5, 5.41) is 13.7. The van der Waals surface area contributed by atoms with Gasteiger partial charge in [0.05, 0.1) is 0 Å². The largest absolute Gasteiger partial charge is 0.261 e. The Morgan fingerprint density at radius 3 is 3.08 bits per heavy atom. The minimum Gasteiger partial charge on any atom is -0.261 e. The quantitative estimate of drug-likeness (QED) is 0.721. The van der Waals surface area contributed by atoms with Gasteiger partial charge in [-0.15, -0.1) is 10.2 Å². The van der Waals surface area contributed by atoms with Crippen LogP contribution in [0, 0.1) is 6.92 Å². The first-order chi connectivity index (χ1) is 6.36. The van der Waals surface area contributed by atoms with Crippen LogP contribution in [0.3, 0.4) is 0 Å². The van der Waals surface area contributed by atoms with Crippen molar-refractivity contribution in [2.24, 2.45) is 0 Å². The Kier molecular flexibility index (Phi) is 1.99. The number of nitrogens with one attached hydrogen (secondary N) is 1. The maximum atomic E-state index is 4.17. The number of rotatable bonds is 2. The van der Waals surface area contributed by atoms with Gasteiger partial charge in [-0.05, 0) is 18.6 Å². The molecule has 1 N–H and O–H groups in total. The average molecular weight is 175 g/mol. The fraction of sp³-hybridized carbons (Fsp3) is 0.250. The highest BCUT2D eigenvalue weighted by Crippen LogP contribution is 2.06. The first-order valence-corrected chi connectivity index (χ1v) is 3.99. The topological polar surface area (TPSA) is 67.3 Å². The molecule has 0 spiro atoms. The smallest absolute Gasteiger partial charge is 0.178 e. The molecule has 0 aromatic carbocycles. The molecule has 2 aromatic heterocycles. The Bertz CT molecular complexity index is 381. The van der Waals surface area contributed by atoms with Crippen molar-refractivity contribution in [3.05, 3.63) is 35.4 Å². The lowest BCUT2D eigenvalue weighted by Gasteiger charge is -1.99. The SMILES string of the molecule is Cc1ncccc1Cc1nn[nH]n1. The zero-order valence-corrected chi connectivity index (χ0v) is 7.23. The second kappa shape index (κ2) is 3.30. The molecule has 66 valence electrons. The van der Waals surface area contributed by atoms with E-state index in [4.69, 9.17) is 0 Å². The molecule has 0 saturated heterocycles. The van der Waals surface area contributed by atoms with Crippen molar-refractivity contribution in [1.82, 2.24) is 25.6 Å². The lowest BCUT2D eigenvalue weighted by atomic mass is 10.1. The Morgan fingerprint density at radius 2 is 2.38 bits per heavy atom. The zero-order chi connectivity index (χ0) is 9.10. The van der Waals surface area contributed by atoms with E-state index < -0.39 is 0 Å². The zero-order valence-electron chi connectivity index (χ0n) is 7.23. The maximum Gasteiger partial charge on any atom is 0.178 e. The first kappa shape index (κ1) is 7.85. The van der Waals surface area contributed by atoms with Crippen LogP contribution < -0.4 is 0 Å². The number of aromatic amines is 1. The fourth-order valence-electron chi connectivity index (χ4n) is 1.13. The molecule has 2 heterocycles. The predicted octanol–water partition coefficient (Wildman–Crippen LogP) is 0.494. The number of tetrazole rings is 1. The van der Waals surface area contributed by atoms with Gasteiger partial charge in [-0.3, -0.25) is 4.98 Å². The molecule has 0 aliphatic rings. The highest BCUT2D eigenvalue weighted by atomic mass is 15.5. The molecule has 2 aromatic rings.